The molecule has 0 fully saturated rings. The summed E-state index contributed by atoms with van der Waals surface area (Å²) in [4.78, 5) is 55.0. The summed E-state index contributed by atoms with van der Waals surface area (Å²) in [6, 6.07) is 11.5. The molecule has 2 aliphatic heterocycles. The van der Waals surface area contributed by atoms with E-state index in [4.69, 9.17) is 4.74 Å². The number of rotatable bonds is 7. The number of amides is 4. The van der Waals surface area contributed by atoms with Crippen molar-refractivity contribution in [2.24, 2.45) is 0 Å². The van der Waals surface area contributed by atoms with Crippen LogP contribution in [0.3, 0.4) is 0 Å². The lowest BCUT2D eigenvalue weighted by Crippen LogP contribution is -2.45. The molecule has 172 valence electrons. The second-order valence-corrected chi connectivity index (χ2v) is 8.38. The maximum atomic E-state index is 12.7. The van der Waals surface area contributed by atoms with Gasteiger partial charge in [-0.25, -0.2) is 0 Å². The molecule has 2 aromatic carbocycles. The summed E-state index contributed by atoms with van der Waals surface area (Å²) in [5.74, 6) is -1.08. The van der Waals surface area contributed by atoms with E-state index in [0.717, 1.165) is 17.9 Å². The van der Waals surface area contributed by atoms with E-state index in [0.29, 0.717) is 34.8 Å². The quantitative estimate of drug-likeness (QED) is 0.648. The van der Waals surface area contributed by atoms with Crippen molar-refractivity contribution in [3.05, 3.63) is 53.6 Å². The van der Waals surface area contributed by atoms with Crippen LogP contribution in [0.5, 0.6) is 5.75 Å². The summed E-state index contributed by atoms with van der Waals surface area (Å²) >= 11 is 0. The molecule has 1 atom stereocenters. The molecule has 2 aliphatic rings. The molecule has 4 rings (SSSR count). The average molecular weight is 450 g/mol. The molecular weight excluding hydrogens is 424 g/mol. The third-order valence-corrected chi connectivity index (χ3v) is 5.62. The van der Waals surface area contributed by atoms with Crippen LogP contribution in [0.15, 0.2) is 42.5 Å². The zero-order chi connectivity index (χ0) is 23.7. The highest BCUT2D eigenvalue weighted by Gasteiger charge is 2.36. The summed E-state index contributed by atoms with van der Waals surface area (Å²) in [6.45, 7) is 2.65. The summed E-state index contributed by atoms with van der Waals surface area (Å²) in [5.41, 5.74) is 1.61. The number of anilines is 2. The van der Waals surface area contributed by atoms with Crippen molar-refractivity contribution in [3.63, 3.8) is 0 Å². The molecule has 1 N–H and O–H groups in total. The van der Waals surface area contributed by atoms with Crippen LogP contribution in [-0.2, 0) is 9.59 Å². The predicted molar refractivity (Wildman–Crippen MR) is 122 cm³/mol. The van der Waals surface area contributed by atoms with Gasteiger partial charge >= 0.3 is 0 Å². The molecule has 9 nitrogen and oxygen atoms in total. The Labute approximate surface area is 191 Å². The van der Waals surface area contributed by atoms with Crippen LogP contribution in [0.1, 0.15) is 34.1 Å². The van der Waals surface area contributed by atoms with E-state index in [9.17, 15) is 19.2 Å². The van der Waals surface area contributed by atoms with Crippen LogP contribution in [-0.4, -0.2) is 73.3 Å². The number of nitrogens with one attached hydrogen (secondary N) is 1. The molecule has 0 spiro atoms. The molecule has 4 amide bonds. The van der Waals surface area contributed by atoms with Gasteiger partial charge in [0.1, 0.15) is 12.3 Å². The first-order valence-electron chi connectivity index (χ1n) is 10.8. The largest absolute Gasteiger partial charge is 0.479 e. The lowest BCUT2D eigenvalue weighted by atomic mass is 10.1. The van der Waals surface area contributed by atoms with Crippen LogP contribution in [0.25, 0.3) is 0 Å². The molecule has 0 saturated heterocycles. The van der Waals surface area contributed by atoms with Crippen LogP contribution in [0.2, 0.25) is 0 Å². The highest BCUT2D eigenvalue weighted by Crippen LogP contribution is 2.36. The monoisotopic (exact) mass is 450 g/mol. The van der Waals surface area contributed by atoms with Gasteiger partial charge in [0.25, 0.3) is 17.7 Å². The van der Waals surface area contributed by atoms with E-state index >= 15 is 0 Å². The first-order chi connectivity index (χ1) is 15.8. The molecule has 0 bridgehead atoms. The highest BCUT2D eigenvalue weighted by molar-refractivity contribution is 6.22. The van der Waals surface area contributed by atoms with Crippen molar-refractivity contribution in [3.8, 4) is 5.75 Å². The minimum absolute atomic E-state index is 0.143. The first-order valence-corrected chi connectivity index (χ1v) is 10.8. The number of imide groups is 1. The Morgan fingerprint density at radius 1 is 1.03 bits per heavy atom. The summed E-state index contributed by atoms with van der Waals surface area (Å²) in [6.07, 6.45) is 0.187. The number of hydrogen-bond acceptors (Lipinski definition) is 6. The van der Waals surface area contributed by atoms with Gasteiger partial charge in [0, 0.05) is 12.2 Å². The van der Waals surface area contributed by atoms with Crippen molar-refractivity contribution in [2.75, 3.05) is 43.9 Å². The van der Waals surface area contributed by atoms with Gasteiger partial charge in [-0.3, -0.25) is 24.1 Å². The van der Waals surface area contributed by atoms with Gasteiger partial charge < -0.3 is 19.9 Å². The van der Waals surface area contributed by atoms with Gasteiger partial charge in [0.05, 0.1) is 16.8 Å². The van der Waals surface area contributed by atoms with Crippen LogP contribution in [0, 0.1) is 0 Å². The summed E-state index contributed by atoms with van der Waals surface area (Å²) in [7, 11) is 3.94. The minimum Gasteiger partial charge on any atom is -0.479 e. The topological polar surface area (TPSA) is 99.3 Å². The molecule has 9 heteroatoms. The Balaban J connectivity index is 1.48. The van der Waals surface area contributed by atoms with Gasteiger partial charge in [-0.1, -0.05) is 12.1 Å². The molecule has 0 radical (unpaired) electrons. The maximum Gasteiger partial charge on any atom is 0.267 e. The van der Waals surface area contributed by atoms with Crippen molar-refractivity contribution in [2.45, 2.75) is 19.4 Å². The summed E-state index contributed by atoms with van der Waals surface area (Å²) < 4.78 is 5.72. The highest BCUT2D eigenvalue weighted by atomic mass is 16.5. The standard InChI is InChI=1S/C24H26N4O5/c1-15-22(30)27(12-6-11-26(2)3)19-13-16(9-10-20(19)33-15)25-21(29)14-28-23(31)17-7-4-5-8-18(17)24(28)32/h4-5,7-10,13,15H,6,11-12,14H2,1-3H3,(H,25,29). The minimum atomic E-state index is -0.592. The molecular formula is C24H26N4O5. The molecule has 1 unspecified atom stereocenters. The Kier molecular flexibility index (Phi) is 6.15. The number of fused-ring (bicyclic) bond motifs is 2. The number of hydrogen-bond donors (Lipinski definition) is 1. The number of nitrogens with zero attached hydrogens (tertiary/aromatic N) is 3. The zero-order valence-corrected chi connectivity index (χ0v) is 18.8. The van der Waals surface area contributed by atoms with Gasteiger partial charge in [0.15, 0.2) is 6.10 Å². The van der Waals surface area contributed by atoms with Crippen LogP contribution < -0.4 is 15.0 Å². The van der Waals surface area contributed by atoms with Gasteiger partial charge in [-0.2, -0.15) is 0 Å². The third kappa shape index (κ3) is 4.45. The van der Waals surface area contributed by atoms with E-state index < -0.39 is 30.4 Å². The number of carbonyl (C=O) groups is 4. The maximum absolute atomic E-state index is 12.7. The smallest absolute Gasteiger partial charge is 0.267 e. The Hall–Kier alpha value is -3.72. The van der Waals surface area contributed by atoms with Crippen molar-refractivity contribution < 1.29 is 23.9 Å². The second-order valence-electron chi connectivity index (χ2n) is 8.38. The number of ether oxygens (including phenoxy) is 1. The van der Waals surface area contributed by atoms with E-state index in [1.807, 2.05) is 19.0 Å². The number of benzene rings is 2. The molecule has 2 heterocycles. The second kappa shape index (κ2) is 9.03. The fourth-order valence-corrected chi connectivity index (χ4v) is 3.99. The van der Waals surface area contributed by atoms with Crippen molar-refractivity contribution >= 4 is 35.0 Å². The molecule has 0 saturated carbocycles. The molecule has 0 aromatic heterocycles. The Bertz CT molecular complexity index is 1090. The predicted octanol–water partition coefficient (Wildman–Crippen LogP) is 1.99. The Morgan fingerprint density at radius 2 is 1.70 bits per heavy atom. The summed E-state index contributed by atoms with van der Waals surface area (Å²) in [5, 5.41) is 2.72. The van der Waals surface area contributed by atoms with E-state index in [1.54, 1.807) is 54.3 Å². The van der Waals surface area contributed by atoms with Crippen LogP contribution >= 0.6 is 0 Å². The molecule has 0 aliphatic carbocycles. The first kappa shape index (κ1) is 22.5. The lowest BCUT2D eigenvalue weighted by molar-refractivity contribution is -0.125. The van der Waals surface area contributed by atoms with Gasteiger partial charge in [-0.15, -0.1) is 0 Å². The van der Waals surface area contributed by atoms with Crippen molar-refractivity contribution in [1.29, 1.82) is 0 Å². The average Bonchev–Trinajstić information content (AvgIpc) is 3.01. The van der Waals surface area contributed by atoms with Gasteiger partial charge in [-0.05, 0) is 64.3 Å². The zero-order valence-electron chi connectivity index (χ0n) is 18.8. The molecule has 2 aromatic rings. The van der Waals surface area contributed by atoms with Crippen LogP contribution in [0.4, 0.5) is 11.4 Å². The van der Waals surface area contributed by atoms with Crippen molar-refractivity contribution in [1.82, 2.24) is 9.80 Å². The fourth-order valence-electron chi connectivity index (χ4n) is 3.99. The lowest BCUT2D eigenvalue weighted by Gasteiger charge is -2.33. The van der Waals surface area contributed by atoms with Gasteiger partial charge in [0.2, 0.25) is 5.91 Å². The van der Waals surface area contributed by atoms with E-state index in [2.05, 4.69) is 5.32 Å². The third-order valence-electron chi connectivity index (χ3n) is 5.62. The fraction of sp³-hybridized carbons (Fsp3) is 0.333. The van der Waals surface area contributed by atoms with E-state index in [1.165, 1.54) is 0 Å². The Morgan fingerprint density at radius 3 is 2.33 bits per heavy atom. The molecule has 33 heavy (non-hydrogen) atoms. The van der Waals surface area contributed by atoms with E-state index in [-0.39, 0.29) is 5.91 Å². The number of carbonyl (C=O) groups excluding carboxylic acids is 4. The SMILES string of the molecule is CC1Oc2ccc(NC(=O)CN3C(=O)c4ccccc4C3=O)cc2N(CCCN(C)C)C1=O. The normalized spacial score (nSPS) is 17.2.